The Morgan fingerprint density at radius 1 is 0.200 bits per heavy atom. The van der Waals surface area contributed by atoms with Crippen LogP contribution in [0.2, 0.25) is 0 Å². The summed E-state index contributed by atoms with van der Waals surface area (Å²) in [4.78, 5) is 0. The Hall–Kier alpha value is -3.63. The van der Waals surface area contributed by atoms with E-state index in [2.05, 4.69) is 146 Å². The third kappa shape index (κ3) is 7.97. The van der Waals surface area contributed by atoms with E-state index in [1.807, 2.05) is 35.3 Å². The van der Waals surface area contributed by atoms with Crippen molar-refractivity contribution in [1.29, 1.82) is 0 Å². The molecule has 3 heteroatoms. The molecule has 20 rings (SSSR count). The summed E-state index contributed by atoms with van der Waals surface area (Å²) < 4.78 is 0. The molecule has 6 aromatic rings. The zero-order valence-corrected chi connectivity index (χ0v) is 27.8. The number of hydrogen-bond donors (Lipinski definition) is 0. The number of rotatable bonds is 0. The van der Waals surface area contributed by atoms with Gasteiger partial charge in [0, 0.05) is 34.5 Å². The van der Waals surface area contributed by atoms with Crippen molar-refractivity contribution in [3.63, 3.8) is 0 Å². The molecule has 0 fully saturated rings. The molecule has 0 amide bonds. The highest BCUT2D eigenvalue weighted by Gasteiger charge is 2.05. The van der Waals surface area contributed by atoms with Crippen LogP contribution in [0, 0.1) is 0 Å². The Morgan fingerprint density at radius 2 is 0.333 bits per heavy atom. The maximum Gasteiger partial charge on any atom is 0.0187 e. The van der Waals surface area contributed by atoms with Gasteiger partial charge in [0.1, 0.15) is 0 Å². The van der Waals surface area contributed by atoms with Gasteiger partial charge in [0.2, 0.25) is 0 Å². The zero-order valence-electron chi connectivity index (χ0n) is 25.3. The summed E-state index contributed by atoms with van der Waals surface area (Å²) in [6.07, 6.45) is 0. The molecule has 0 nitrogen and oxygen atoms in total. The van der Waals surface area contributed by atoms with E-state index in [9.17, 15) is 0 Å². The van der Waals surface area contributed by atoms with Crippen LogP contribution >= 0.6 is 35.3 Å². The first-order valence-corrected chi connectivity index (χ1v) is 19.0. The smallest absolute Gasteiger partial charge is 0.0187 e. The molecular weight excluding hydrogens is 601 g/mol. The average Bonchev–Trinajstić information content (AvgIpc) is 3.10. The van der Waals surface area contributed by atoms with Crippen LogP contribution in [0.25, 0.3) is 33.4 Å². The zero-order chi connectivity index (χ0) is 30.3. The Balaban J connectivity index is 1.07. The molecule has 0 saturated heterocycles. The molecule has 0 spiro atoms. The quantitative estimate of drug-likeness (QED) is 0.163. The molecule has 12 bridgehead atoms. The van der Waals surface area contributed by atoms with Gasteiger partial charge < -0.3 is 0 Å². The Kier molecular flexibility index (Phi) is 9.78. The molecule has 14 heterocycles. The topological polar surface area (TPSA) is 0 Å². The van der Waals surface area contributed by atoms with Gasteiger partial charge in [-0.3, -0.25) is 0 Å². The lowest BCUT2D eigenvalue weighted by molar-refractivity contribution is 1.36. The standard InChI is InChI=1S/C42H36S3/c1-13-37-14-2-31(1)25-43-26-32-5-17-39(18-6-32)40-19-7-35(8-20-40)29-45-30-36-11-23-42(24-12-36)41-21-9-34(10-22-41)28-44-27-33-3-15-38(37)16-4-33/h1-24H,25-30H2. The summed E-state index contributed by atoms with van der Waals surface area (Å²) in [5.41, 5.74) is 15.9. The van der Waals surface area contributed by atoms with E-state index in [0.29, 0.717) is 0 Å². The molecule has 14 aliphatic rings. The van der Waals surface area contributed by atoms with Crippen molar-refractivity contribution in [2.45, 2.75) is 34.5 Å². The van der Waals surface area contributed by atoms with Gasteiger partial charge in [-0.2, -0.15) is 35.3 Å². The fourth-order valence-corrected chi connectivity index (χ4v) is 8.50. The van der Waals surface area contributed by atoms with Crippen molar-refractivity contribution < 1.29 is 0 Å². The molecular formula is C42H36S3. The Morgan fingerprint density at radius 3 is 0.467 bits per heavy atom. The van der Waals surface area contributed by atoms with Crippen molar-refractivity contribution in [1.82, 2.24) is 0 Å². The van der Waals surface area contributed by atoms with Gasteiger partial charge >= 0.3 is 0 Å². The summed E-state index contributed by atoms with van der Waals surface area (Å²) in [5.74, 6) is 6.12. The second kappa shape index (κ2) is 14.6. The normalized spacial score (nSPS) is 13.9. The van der Waals surface area contributed by atoms with Gasteiger partial charge in [-0.25, -0.2) is 0 Å². The summed E-state index contributed by atoms with van der Waals surface area (Å²) in [7, 11) is 0. The number of hydrogen-bond acceptors (Lipinski definition) is 3. The monoisotopic (exact) mass is 636 g/mol. The van der Waals surface area contributed by atoms with E-state index in [0.717, 1.165) is 34.5 Å². The maximum absolute atomic E-state index is 2.28. The molecule has 0 radical (unpaired) electrons. The summed E-state index contributed by atoms with van der Waals surface area (Å²) in [6, 6.07) is 54.5. The first-order valence-electron chi connectivity index (χ1n) is 15.5. The third-order valence-electron chi connectivity index (χ3n) is 8.34. The van der Waals surface area contributed by atoms with Crippen molar-refractivity contribution in [2.75, 3.05) is 0 Å². The molecule has 0 atom stereocenters. The average molecular weight is 637 g/mol. The molecule has 45 heavy (non-hydrogen) atoms. The van der Waals surface area contributed by atoms with Crippen LogP contribution in [0.3, 0.4) is 0 Å². The van der Waals surface area contributed by atoms with Crippen molar-refractivity contribution in [2.24, 2.45) is 0 Å². The molecule has 0 unspecified atom stereocenters. The van der Waals surface area contributed by atoms with Crippen LogP contribution in [-0.4, -0.2) is 0 Å². The molecule has 0 aromatic heterocycles. The maximum atomic E-state index is 2.28. The fraction of sp³-hybridized carbons (Fsp3) is 0.143. The van der Waals surface area contributed by atoms with E-state index >= 15 is 0 Å². The van der Waals surface area contributed by atoms with Gasteiger partial charge in [-0.15, -0.1) is 0 Å². The van der Waals surface area contributed by atoms with Crippen molar-refractivity contribution in [3.8, 4) is 33.4 Å². The molecule has 0 N–H and O–H groups in total. The van der Waals surface area contributed by atoms with Crippen molar-refractivity contribution >= 4 is 35.3 Å². The summed E-state index contributed by atoms with van der Waals surface area (Å²) in [5, 5.41) is 0. The molecule has 14 aliphatic heterocycles. The van der Waals surface area contributed by atoms with E-state index in [4.69, 9.17) is 0 Å². The van der Waals surface area contributed by atoms with Gasteiger partial charge in [-0.1, -0.05) is 146 Å². The van der Waals surface area contributed by atoms with Crippen molar-refractivity contribution in [3.05, 3.63) is 179 Å². The van der Waals surface area contributed by atoms with Crippen LogP contribution < -0.4 is 0 Å². The van der Waals surface area contributed by atoms with Gasteiger partial charge in [0.25, 0.3) is 0 Å². The molecule has 0 aliphatic carbocycles. The molecule has 222 valence electrons. The Labute approximate surface area is 280 Å². The predicted octanol–water partition coefficient (Wildman–Crippen LogP) is 12.3. The minimum Gasteiger partial charge on any atom is -0.152 e. The lowest BCUT2D eigenvalue weighted by Gasteiger charge is -2.08. The molecule has 6 aromatic carbocycles. The highest BCUT2D eigenvalue weighted by Crippen LogP contribution is 2.28. The van der Waals surface area contributed by atoms with Crippen LogP contribution in [0.1, 0.15) is 33.4 Å². The van der Waals surface area contributed by atoms with Crippen LogP contribution in [0.4, 0.5) is 0 Å². The van der Waals surface area contributed by atoms with Crippen LogP contribution in [0.15, 0.2) is 146 Å². The number of thioether (sulfide) groups is 3. The number of benzene rings is 6. The summed E-state index contributed by atoms with van der Waals surface area (Å²) >= 11 is 5.93. The second-order valence-electron chi connectivity index (χ2n) is 11.7. The first-order chi connectivity index (χ1) is 22.2. The van der Waals surface area contributed by atoms with E-state index < -0.39 is 0 Å². The third-order valence-corrected chi connectivity index (χ3v) is 11.6. The highest BCUT2D eigenvalue weighted by molar-refractivity contribution is 7.98. The van der Waals surface area contributed by atoms with Crippen LogP contribution in [-0.2, 0) is 34.5 Å². The lowest BCUT2D eigenvalue weighted by Crippen LogP contribution is -1.87. The predicted molar refractivity (Wildman–Crippen MR) is 201 cm³/mol. The SMILES string of the molecule is c1cc2ccc1CSCc1ccc(cc1)-c1ccc(cc1)CSCc1ccc(cc1)-c1ccc(cc1)CSCc1ccc-2cc1. The van der Waals surface area contributed by atoms with E-state index in [1.54, 1.807) is 0 Å². The van der Waals surface area contributed by atoms with Gasteiger partial charge in [0.15, 0.2) is 0 Å². The van der Waals surface area contributed by atoms with Gasteiger partial charge in [-0.05, 0) is 66.8 Å². The minimum atomic E-state index is 1.02. The van der Waals surface area contributed by atoms with Crippen LogP contribution in [0.5, 0.6) is 0 Å². The minimum absolute atomic E-state index is 1.02. The highest BCUT2D eigenvalue weighted by atomic mass is 32.2. The fourth-order valence-electron chi connectivity index (χ4n) is 5.62. The van der Waals surface area contributed by atoms with E-state index in [-0.39, 0.29) is 0 Å². The first kappa shape index (κ1) is 30.0. The largest absolute Gasteiger partial charge is 0.152 e. The molecule has 0 saturated carbocycles. The Bertz CT molecular complexity index is 1450. The summed E-state index contributed by atoms with van der Waals surface area (Å²) in [6.45, 7) is 0. The lowest BCUT2D eigenvalue weighted by atomic mass is 10.0. The van der Waals surface area contributed by atoms with Gasteiger partial charge in [0.05, 0.1) is 0 Å². The van der Waals surface area contributed by atoms with E-state index in [1.165, 1.54) is 66.8 Å². The second-order valence-corrected chi connectivity index (χ2v) is 14.6.